The van der Waals surface area contributed by atoms with E-state index in [0.717, 1.165) is 19.3 Å². The van der Waals surface area contributed by atoms with Crippen LogP contribution in [0.2, 0.25) is 0 Å². The number of hydrogen-bond acceptors (Lipinski definition) is 3. The molecule has 1 aromatic rings. The molecule has 3 rings (SSSR count). The number of Topliss-reactive ketones (excluding diaryl/α,β-unsaturated/α-hetero) is 1. The molecule has 0 spiro atoms. The molecule has 1 heterocycles. The van der Waals surface area contributed by atoms with E-state index in [0.29, 0.717) is 11.1 Å². The van der Waals surface area contributed by atoms with Gasteiger partial charge in [-0.3, -0.25) is 4.79 Å². The van der Waals surface area contributed by atoms with Gasteiger partial charge in [-0.1, -0.05) is 12.1 Å². The summed E-state index contributed by atoms with van der Waals surface area (Å²) in [6.45, 7) is 4.04. The minimum atomic E-state index is -0.308. The second-order valence-electron chi connectivity index (χ2n) is 6.30. The van der Waals surface area contributed by atoms with Crippen LogP contribution in [0.25, 0.3) is 5.57 Å². The maximum atomic E-state index is 13.0. The molecule has 0 radical (unpaired) electrons. The van der Waals surface area contributed by atoms with E-state index in [9.17, 15) is 9.18 Å². The quantitative estimate of drug-likeness (QED) is 0.853. The Bertz CT molecular complexity index is 576. The number of hydrogen-bond donors (Lipinski definition) is 0. The second-order valence-corrected chi connectivity index (χ2v) is 6.30. The van der Waals surface area contributed by atoms with Crippen molar-refractivity contribution in [3.8, 4) is 0 Å². The van der Waals surface area contributed by atoms with Crippen molar-refractivity contribution in [2.24, 2.45) is 5.92 Å². The Morgan fingerprint density at radius 2 is 1.95 bits per heavy atom. The summed E-state index contributed by atoms with van der Waals surface area (Å²) in [6.07, 6.45) is 4.19. The van der Waals surface area contributed by atoms with Crippen molar-refractivity contribution in [3.63, 3.8) is 0 Å². The number of rotatable bonds is 3. The highest BCUT2D eigenvalue weighted by Crippen LogP contribution is 2.37. The maximum Gasteiger partial charge on any atom is 0.173 e. The van der Waals surface area contributed by atoms with Crippen LogP contribution in [0.15, 0.2) is 30.5 Å². The van der Waals surface area contributed by atoms with Gasteiger partial charge in [-0.2, -0.15) is 0 Å². The van der Waals surface area contributed by atoms with Crippen LogP contribution in [0.1, 0.15) is 38.7 Å². The fourth-order valence-corrected chi connectivity index (χ4v) is 3.30. The van der Waals surface area contributed by atoms with Crippen LogP contribution < -0.4 is 0 Å². The Morgan fingerprint density at radius 3 is 2.64 bits per heavy atom. The predicted molar refractivity (Wildman–Crippen MR) is 81.6 cm³/mol. The molecule has 1 aliphatic carbocycles. The summed E-state index contributed by atoms with van der Waals surface area (Å²) in [7, 11) is 0. The molecule has 2 aliphatic rings. The summed E-state index contributed by atoms with van der Waals surface area (Å²) in [4.78, 5) is 12.7. The monoisotopic (exact) mass is 304 g/mol. The zero-order chi connectivity index (χ0) is 15.7. The molecule has 0 saturated heterocycles. The van der Waals surface area contributed by atoms with Gasteiger partial charge in [-0.15, -0.1) is 0 Å². The normalized spacial score (nSPS) is 28.1. The number of carbonyl (C=O) groups excluding carboxylic acids is 1. The van der Waals surface area contributed by atoms with Crippen molar-refractivity contribution in [1.29, 1.82) is 0 Å². The van der Waals surface area contributed by atoms with Gasteiger partial charge >= 0.3 is 0 Å². The zero-order valence-electron chi connectivity index (χ0n) is 12.9. The molecule has 3 atom stereocenters. The third kappa shape index (κ3) is 3.07. The summed E-state index contributed by atoms with van der Waals surface area (Å²) in [5, 5.41) is 0. The number of fused-ring (bicyclic) bond motifs is 1. The lowest BCUT2D eigenvalue weighted by atomic mass is 9.78. The lowest BCUT2D eigenvalue weighted by Crippen LogP contribution is -2.41. The number of carbonyl (C=O) groups is 1. The number of ketones is 1. The summed E-state index contributed by atoms with van der Waals surface area (Å²) in [5.41, 5.74) is 1.26. The summed E-state index contributed by atoms with van der Waals surface area (Å²) in [5.74, 6) is -0.319. The van der Waals surface area contributed by atoms with Gasteiger partial charge in [0.2, 0.25) is 0 Å². The van der Waals surface area contributed by atoms with Crippen LogP contribution in [-0.2, 0) is 14.3 Å². The number of allylic oxidation sites excluding steroid dienone is 1. The van der Waals surface area contributed by atoms with Gasteiger partial charge in [-0.25, -0.2) is 4.39 Å². The lowest BCUT2D eigenvalue weighted by Gasteiger charge is -2.38. The van der Waals surface area contributed by atoms with E-state index in [4.69, 9.17) is 9.47 Å². The van der Waals surface area contributed by atoms with Gasteiger partial charge in [0, 0.05) is 6.42 Å². The molecule has 0 amide bonds. The summed E-state index contributed by atoms with van der Waals surface area (Å²) >= 11 is 0. The molecule has 118 valence electrons. The SMILES string of the molecule is CC(C)OC1CCC2C(=O)C(c3ccc(F)cc3)=COC2C1. The van der Waals surface area contributed by atoms with Crippen molar-refractivity contribution in [3.05, 3.63) is 41.9 Å². The van der Waals surface area contributed by atoms with Gasteiger partial charge in [0.15, 0.2) is 5.78 Å². The molecule has 0 N–H and O–H groups in total. The fraction of sp³-hybridized carbons (Fsp3) is 0.500. The van der Waals surface area contributed by atoms with Crippen molar-refractivity contribution in [2.45, 2.75) is 51.4 Å². The first kappa shape index (κ1) is 15.2. The van der Waals surface area contributed by atoms with Gasteiger partial charge in [0.25, 0.3) is 0 Å². The smallest absolute Gasteiger partial charge is 0.173 e. The Morgan fingerprint density at radius 1 is 1.23 bits per heavy atom. The van der Waals surface area contributed by atoms with Crippen LogP contribution in [0.4, 0.5) is 4.39 Å². The third-order valence-corrected chi connectivity index (χ3v) is 4.33. The Balaban J connectivity index is 1.75. The minimum Gasteiger partial charge on any atom is -0.496 e. The number of benzene rings is 1. The Labute approximate surface area is 130 Å². The van der Waals surface area contributed by atoms with Crippen LogP contribution in [0.5, 0.6) is 0 Å². The average Bonchev–Trinajstić information content (AvgIpc) is 2.48. The average molecular weight is 304 g/mol. The lowest BCUT2D eigenvalue weighted by molar-refractivity contribution is -0.129. The fourth-order valence-electron chi connectivity index (χ4n) is 3.30. The van der Waals surface area contributed by atoms with Gasteiger partial charge in [0.1, 0.15) is 11.9 Å². The largest absolute Gasteiger partial charge is 0.496 e. The number of ether oxygens (including phenoxy) is 2. The van der Waals surface area contributed by atoms with Crippen LogP contribution in [0.3, 0.4) is 0 Å². The molecule has 1 fully saturated rings. The van der Waals surface area contributed by atoms with E-state index in [-0.39, 0.29) is 35.8 Å². The first-order valence-electron chi connectivity index (χ1n) is 7.86. The van der Waals surface area contributed by atoms with Crippen LogP contribution in [0, 0.1) is 11.7 Å². The van der Waals surface area contributed by atoms with Crippen molar-refractivity contribution >= 4 is 11.4 Å². The Hall–Kier alpha value is -1.68. The highest BCUT2D eigenvalue weighted by Gasteiger charge is 2.40. The topological polar surface area (TPSA) is 35.5 Å². The van der Waals surface area contributed by atoms with Crippen molar-refractivity contribution in [2.75, 3.05) is 0 Å². The van der Waals surface area contributed by atoms with Crippen molar-refractivity contribution < 1.29 is 18.7 Å². The summed E-state index contributed by atoms with van der Waals surface area (Å²) in [6, 6.07) is 5.97. The molecule has 1 aromatic carbocycles. The van der Waals surface area contributed by atoms with E-state index >= 15 is 0 Å². The van der Waals surface area contributed by atoms with E-state index in [1.165, 1.54) is 18.4 Å². The third-order valence-electron chi connectivity index (χ3n) is 4.33. The molecule has 0 bridgehead atoms. The van der Waals surface area contributed by atoms with Crippen LogP contribution >= 0.6 is 0 Å². The maximum absolute atomic E-state index is 13.0. The van der Waals surface area contributed by atoms with E-state index in [1.54, 1.807) is 12.1 Å². The molecule has 22 heavy (non-hydrogen) atoms. The van der Waals surface area contributed by atoms with E-state index in [1.807, 2.05) is 13.8 Å². The number of halogens is 1. The molecule has 4 heteroatoms. The first-order chi connectivity index (χ1) is 10.5. The van der Waals surface area contributed by atoms with Crippen molar-refractivity contribution in [1.82, 2.24) is 0 Å². The Kier molecular flexibility index (Phi) is 4.30. The van der Waals surface area contributed by atoms with Gasteiger partial charge < -0.3 is 9.47 Å². The standard InChI is InChI=1S/C18H21FO3/c1-11(2)22-14-7-8-15-17(9-14)21-10-16(18(15)20)12-3-5-13(19)6-4-12/h3-6,10-11,14-15,17H,7-9H2,1-2H3. The van der Waals surface area contributed by atoms with Gasteiger partial charge in [-0.05, 0) is 44.4 Å². The molecule has 1 saturated carbocycles. The summed E-state index contributed by atoms with van der Waals surface area (Å²) < 4.78 is 24.7. The molecular weight excluding hydrogens is 283 g/mol. The molecule has 0 aromatic heterocycles. The molecule has 3 nitrogen and oxygen atoms in total. The van der Waals surface area contributed by atoms with Gasteiger partial charge in [0.05, 0.1) is 30.0 Å². The first-order valence-corrected chi connectivity index (χ1v) is 7.86. The predicted octanol–water partition coefficient (Wildman–Crippen LogP) is 3.73. The minimum absolute atomic E-state index is 0.103. The van der Waals surface area contributed by atoms with E-state index in [2.05, 4.69) is 0 Å². The highest BCUT2D eigenvalue weighted by molar-refractivity contribution is 6.22. The second kappa shape index (κ2) is 6.21. The molecular formula is C18H21FO3. The van der Waals surface area contributed by atoms with E-state index < -0.39 is 0 Å². The highest BCUT2D eigenvalue weighted by atomic mass is 19.1. The molecule has 1 aliphatic heterocycles. The molecule has 3 unspecified atom stereocenters. The zero-order valence-corrected chi connectivity index (χ0v) is 12.9. The van der Waals surface area contributed by atoms with Crippen LogP contribution in [-0.4, -0.2) is 24.1 Å².